The lowest BCUT2D eigenvalue weighted by atomic mass is 10.2. The summed E-state index contributed by atoms with van der Waals surface area (Å²) in [6, 6.07) is 14.3. The van der Waals surface area contributed by atoms with E-state index in [0.29, 0.717) is 17.4 Å². The second-order valence-electron chi connectivity index (χ2n) is 7.08. The fourth-order valence-electron chi connectivity index (χ4n) is 3.77. The SMILES string of the molecule is Cc1nc2nc(-c3ccco3)nn2c(N2CCN(c3ccccc3)CC2)c1C. The second kappa shape index (κ2) is 6.67. The van der Waals surface area contributed by atoms with Gasteiger partial charge in [-0.3, -0.25) is 0 Å². The first-order valence-corrected chi connectivity index (χ1v) is 9.53. The topological polar surface area (TPSA) is 62.7 Å². The zero-order chi connectivity index (χ0) is 19.1. The summed E-state index contributed by atoms with van der Waals surface area (Å²) in [7, 11) is 0. The van der Waals surface area contributed by atoms with Crippen molar-refractivity contribution in [3.05, 3.63) is 60.0 Å². The largest absolute Gasteiger partial charge is 0.461 e. The van der Waals surface area contributed by atoms with E-state index in [1.807, 2.05) is 23.6 Å². The van der Waals surface area contributed by atoms with Gasteiger partial charge in [-0.25, -0.2) is 4.98 Å². The fraction of sp³-hybridized carbons (Fsp3) is 0.286. The highest BCUT2D eigenvalue weighted by Gasteiger charge is 2.24. The Morgan fingerprint density at radius 1 is 0.857 bits per heavy atom. The average Bonchev–Trinajstić information content (AvgIpc) is 3.40. The minimum absolute atomic E-state index is 0.562. The summed E-state index contributed by atoms with van der Waals surface area (Å²) in [5.41, 5.74) is 3.39. The van der Waals surface area contributed by atoms with Crippen molar-refractivity contribution in [3.63, 3.8) is 0 Å². The molecule has 142 valence electrons. The van der Waals surface area contributed by atoms with Crippen molar-refractivity contribution in [1.29, 1.82) is 0 Å². The van der Waals surface area contributed by atoms with Crippen molar-refractivity contribution in [1.82, 2.24) is 19.6 Å². The van der Waals surface area contributed by atoms with Crippen LogP contribution in [0.1, 0.15) is 11.3 Å². The second-order valence-corrected chi connectivity index (χ2v) is 7.08. The Bertz CT molecular complexity index is 1100. The van der Waals surface area contributed by atoms with Gasteiger partial charge in [0.15, 0.2) is 5.76 Å². The van der Waals surface area contributed by atoms with Gasteiger partial charge in [-0.15, -0.1) is 5.10 Å². The van der Waals surface area contributed by atoms with Crippen molar-refractivity contribution >= 4 is 17.3 Å². The molecule has 0 bridgehead atoms. The van der Waals surface area contributed by atoms with Crippen molar-refractivity contribution in [3.8, 4) is 11.6 Å². The molecule has 0 N–H and O–H groups in total. The zero-order valence-corrected chi connectivity index (χ0v) is 16.0. The molecule has 0 saturated carbocycles. The Labute approximate surface area is 163 Å². The number of hydrogen-bond acceptors (Lipinski definition) is 6. The van der Waals surface area contributed by atoms with Crippen LogP contribution in [0.15, 0.2) is 53.1 Å². The summed E-state index contributed by atoms with van der Waals surface area (Å²) >= 11 is 0. The van der Waals surface area contributed by atoms with Crippen LogP contribution in [0.2, 0.25) is 0 Å². The van der Waals surface area contributed by atoms with E-state index in [1.165, 1.54) is 5.69 Å². The Hall–Kier alpha value is -3.35. The van der Waals surface area contributed by atoms with Gasteiger partial charge in [0.05, 0.1) is 6.26 Å². The van der Waals surface area contributed by atoms with E-state index in [1.54, 1.807) is 6.26 Å². The van der Waals surface area contributed by atoms with E-state index >= 15 is 0 Å². The molecule has 3 aromatic heterocycles. The molecule has 5 rings (SSSR count). The number of fused-ring (bicyclic) bond motifs is 1. The van der Waals surface area contributed by atoms with Crippen molar-refractivity contribution in [2.45, 2.75) is 13.8 Å². The number of benzene rings is 1. The molecule has 4 aromatic rings. The van der Waals surface area contributed by atoms with E-state index in [0.717, 1.165) is 43.3 Å². The number of piperazine rings is 1. The molecule has 0 radical (unpaired) electrons. The quantitative estimate of drug-likeness (QED) is 0.548. The first-order chi connectivity index (χ1) is 13.7. The number of aromatic nitrogens is 4. The molecule has 0 amide bonds. The predicted octanol–water partition coefficient (Wildman–Crippen LogP) is 3.33. The van der Waals surface area contributed by atoms with Gasteiger partial charge >= 0.3 is 0 Å². The molecular weight excluding hydrogens is 352 g/mol. The normalized spacial score (nSPS) is 14.8. The molecule has 0 spiro atoms. The monoisotopic (exact) mass is 374 g/mol. The molecule has 1 aliphatic rings. The third kappa shape index (κ3) is 2.79. The highest BCUT2D eigenvalue weighted by molar-refractivity contribution is 5.59. The zero-order valence-electron chi connectivity index (χ0n) is 16.0. The number of para-hydroxylation sites is 1. The van der Waals surface area contributed by atoms with Gasteiger partial charge in [-0.1, -0.05) is 18.2 Å². The van der Waals surface area contributed by atoms with Gasteiger partial charge in [0, 0.05) is 43.1 Å². The van der Waals surface area contributed by atoms with Gasteiger partial charge in [0.1, 0.15) is 5.82 Å². The molecular formula is C21H22N6O. The van der Waals surface area contributed by atoms with E-state index in [4.69, 9.17) is 9.52 Å². The molecule has 1 fully saturated rings. The summed E-state index contributed by atoms with van der Waals surface area (Å²) < 4.78 is 7.33. The number of anilines is 2. The Morgan fingerprint density at radius 2 is 1.61 bits per heavy atom. The maximum absolute atomic E-state index is 5.47. The summed E-state index contributed by atoms with van der Waals surface area (Å²) in [4.78, 5) is 14.0. The van der Waals surface area contributed by atoms with Crippen LogP contribution in [0.3, 0.4) is 0 Å². The maximum atomic E-state index is 5.47. The lowest BCUT2D eigenvalue weighted by Gasteiger charge is -2.37. The third-order valence-corrected chi connectivity index (χ3v) is 5.38. The third-order valence-electron chi connectivity index (χ3n) is 5.38. The molecule has 28 heavy (non-hydrogen) atoms. The summed E-state index contributed by atoms with van der Waals surface area (Å²) in [5.74, 6) is 2.89. The number of hydrogen-bond donors (Lipinski definition) is 0. The molecule has 1 aliphatic heterocycles. The van der Waals surface area contributed by atoms with Crippen LogP contribution in [0.4, 0.5) is 11.5 Å². The van der Waals surface area contributed by atoms with Crippen molar-refractivity contribution < 1.29 is 4.42 Å². The standard InChI is InChI=1S/C21H22N6O/c1-15-16(2)22-21-23-19(18-9-6-14-28-18)24-27(21)20(15)26-12-10-25(11-13-26)17-7-4-3-5-8-17/h3-9,14H,10-13H2,1-2H3. The predicted molar refractivity (Wildman–Crippen MR) is 109 cm³/mol. The number of aryl methyl sites for hydroxylation is 1. The van der Waals surface area contributed by atoms with Crippen LogP contribution in [0.25, 0.3) is 17.4 Å². The molecule has 1 aromatic carbocycles. The van der Waals surface area contributed by atoms with Crippen LogP contribution < -0.4 is 9.80 Å². The van der Waals surface area contributed by atoms with Crippen LogP contribution in [0, 0.1) is 13.8 Å². The van der Waals surface area contributed by atoms with Gasteiger partial charge in [0.2, 0.25) is 5.82 Å². The number of furan rings is 1. The molecule has 4 heterocycles. The average molecular weight is 374 g/mol. The molecule has 0 atom stereocenters. The molecule has 7 nitrogen and oxygen atoms in total. The highest BCUT2D eigenvalue weighted by atomic mass is 16.3. The minimum Gasteiger partial charge on any atom is -0.461 e. The number of nitrogens with zero attached hydrogens (tertiary/aromatic N) is 6. The fourth-order valence-corrected chi connectivity index (χ4v) is 3.77. The summed E-state index contributed by atoms with van der Waals surface area (Å²) in [6.07, 6.45) is 1.63. The highest BCUT2D eigenvalue weighted by Crippen LogP contribution is 2.27. The van der Waals surface area contributed by atoms with E-state index < -0.39 is 0 Å². The Balaban J connectivity index is 1.49. The number of rotatable bonds is 3. The van der Waals surface area contributed by atoms with Crippen molar-refractivity contribution in [2.24, 2.45) is 0 Å². The van der Waals surface area contributed by atoms with Crippen LogP contribution >= 0.6 is 0 Å². The van der Waals surface area contributed by atoms with Gasteiger partial charge in [-0.05, 0) is 38.1 Å². The van der Waals surface area contributed by atoms with Gasteiger partial charge < -0.3 is 14.2 Å². The summed E-state index contributed by atoms with van der Waals surface area (Å²) in [6.45, 7) is 7.90. The first-order valence-electron chi connectivity index (χ1n) is 9.53. The Morgan fingerprint density at radius 3 is 2.32 bits per heavy atom. The molecule has 1 saturated heterocycles. The van der Waals surface area contributed by atoms with E-state index in [2.05, 4.69) is 57.0 Å². The lowest BCUT2D eigenvalue weighted by molar-refractivity contribution is 0.577. The van der Waals surface area contributed by atoms with Crippen LogP contribution in [-0.2, 0) is 0 Å². The molecule has 0 aliphatic carbocycles. The maximum Gasteiger partial charge on any atom is 0.255 e. The van der Waals surface area contributed by atoms with Crippen molar-refractivity contribution in [2.75, 3.05) is 36.0 Å². The molecule has 0 unspecified atom stereocenters. The van der Waals surface area contributed by atoms with Crippen LogP contribution in [-0.4, -0.2) is 45.8 Å². The van der Waals surface area contributed by atoms with E-state index in [9.17, 15) is 0 Å². The van der Waals surface area contributed by atoms with Gasteiger partial charge in [-0.2, -0.15) is 9.50 Å². The smallest absolute Gasteiger partial charge is 0.255 e. The lowest BCUT2D eigenvalue weighted by Crippen LogP contribution is -2.47. The molecule has 7 heteroatoms. The minimum atomic E-state index is 0.562. The van der Waals surface area contributed by atoms with Gasteiger partial charge in [0.25, 0.3) is 5.78 Å². The Kier molecular flexibility index (Phi) is 4.00. The van der Waals surface area contributed by atoms with E-state index in [-0.39, 0.29) is 0 Å². The summed E-state index contributed by atoms with van der Waals surface area (Å²) in [5, 5.41) is 4.70. The first kappa shape index (κ1) is 16.8. The van der Waals surface area contributed by atoms with Crippen LogP contribution in [0.5, 0.6) is 0 Å².